The van der Waals surface area contributed by atoms with Crippen LogP contribution in [0.2, 0.25) is 0 Å². The Bertz CT molecular complexity index is 540. The molecule has 102 valence electrons. The van der Waals surface area contributed by atoms with Gasteiger partial charge in [0, 0.05) is 19.6 Å². The number of imidazole rings is 1. The van der Waals surface area contributed by atoms with Crippen molar-refractivity contribution in [3.05, 3.63) is 24.3 Å². The van der Waals surface area contributed by atoms with E-state index in [1.165, 1.54) is 31.4 Å². The minimum atomic E-state index is 0.910. The number of aromatic nitrogens is 2. The second-order valence-electron chi connectivity index (χ2n) is 5.15. The Morgan fingerprint density at radius 2 is 1.95 bits per heavy atom. The molecule has 0 saturated carbocycles. The van der Waals surface area contributed by atoms with Crippen LogP contribution in [0.1, 0.15) is 19.8 Å². The van der Waals surface area contributed by atoms with Gasteiger partial charge in [-0.05, 0) is 45.0 Å². The van der Waals surface area contributed by atoms with Gasteiger partial charge in [0.15, 0.2) is 0 Å². The molecule has 0 unspecified atom stereocenters. The van der Waals surface area contributed by atoms with Gasteiger partial charge in [0.2, 0.25) is 5.95 Å². The Hall–Kier alpha value is -1.55. The van der Waals surface area contributed by atoms with Crippen LogP contribution in [0, 0.1) is 0 Å². The summed E-state index contributed by atoms with van der Waals surface area (Å²) in [4.78, 5) is 7.23. The van der Waals surface area contributed by atoms with E-state index in [4.69, 9.17) is 0 Å². The second kappa shape index (κ2) is 5.61. The maximum atomic E-state index is 4.68. The molecule has 0 bridgehead atoms. The summed E-state index contributed by atoms with van der Waals surface area (Å²) in [5.74, 6) is 1.00. The maximum Gasteiger partial charge on any atom is 0.203 e. The lowest BCUT2D eigenvalue weighted by Gasteiger charge is -2.16. The first-order chi connectivity index (χ1) is 9.38. The summed E-state index contributed by atoms with van der Waals surface area (Å²) < 4.78 is 2.32. The molecule has 1 saturated heterocycles. The van der Waals surface area contributed by atoms with Gasteiger partial charge in [-0.3, -0.25) is 0 Å². The van der Waals surface area contributed by atoms with Crippen molar-refractivity contribution in [2.45, 2.75) is 26.3 Å². The highest BCUT2D eigenvalue weighted by Crippen LogP contribution is 2.19. The number of para-hydroxylation sites is 2. The number of hydrogen-bond donors (Lipinski definition) is 1. The van der Waals surface area contributed by atoms with Crippen molar-refractivity contribution < 1.29 is 0 Å². The fourth-order valence-corrected chi connectivity index (χ4v) is 2.84. The molecule has 1 fully saturated rings. The van der Waals surface area contributed by atoms with Crippen LogP contribution in [0.5, 0.6) is 0 Å². The van der Waals surface area contributed by atoms with Crippen LogP contribution in [0.15, 0.2) is 24.3 Å². The van der Waals surface area contributed by atoms with E-state index >= 15 is 0 Å². The van der Waals surface area contributed by atoms with Gasteiger partial charge >= 0.3 is 0 Å². The molecule has 1 aliphatic heterocycles. The minimum Gasteiger partial charge on any atom is -0.356 e. The molecule has 19 heavy (non-hydrogen) atoms. The van der Waals surface area contributed by atoms with Crippen LogP contribution in [0.3, 0.4) is 0 Å². The zero-order valence-corrected chi connectivity index (χ0v) is 11.6. The lowest BCUT2D eigenvalue weighted by atomic mass is 10.3. The minimum absolute atomic E-state index is 0.910. The van der Waals surface area contributed by atoms with Crippen LogP contribution < -0.4 is 5.32 Å². The molecule has 0 aliphatic carbocycles. The number of nitrogens with one attached hydrogen (secondary N) is 1. The van der Waals surface area contributed by atoms with Gasteiger partial charge in [-0.1, -0.05) is 12.1 Å². The van der Waals surface area contributed by atoms with Gasteiger partial charge in [-0.2, -0.15) is 0 Å². The normalized spacial score (nSPS) is 16.3. The molecule has 0 radical (unpaired) electrons. The number of rotatable bonds is 5. The van der Waals surface area contributed by atoms with Crippen molar-refractivity contribution >= 4 is 17.0 Å². The predicted octanol–water partition coefficient (Wildman–Crippen LogP) is 2.56. The van der Waals surface area contributed by atoms with Crippen molar-refractivity contribution in [3.8, 4) is 0 Å². The molecule has 1 N–H and O–H groups in total. The summed E-state index contributed by atoms with van der Waals surface area (Å²) in [5.41, 5.74) is 2.32. The van der Waals surface area contributed by atoms with Crippen molar-refractivity contribution in [2.75, 3.05) is 31.5 Å². The van der Waals surface area contributed by atoms with Gasteiger partial charge in [-0.25, -0.2) is 4.98 Å². The van der Waals surface area contributed by atoms with E-state index in [9.17, 15) is 0 Å². The third-order valence-electron chi connectivity index (χ3n) is 3.83. The molecule has 0 atom stereocenters. The Balaban J connectivity index is 1.84. The van der Waals surface area contributed by atoms with Gasteiger partial charge in [0.05, 0.1) is 11.0 Å². The number of likely N-dealkylation sites (tertiary alicyclic amines) is 1. The molecule has 2 heterocycles. The molecule has 4 heteroatoms. The fraction of sp³-hybridized carbons (Fsp3) is 0.533. The van der Waals surface area contributed by atoms with Crippen molar-refractivity contribution in [1.29, 1.82) is 0 Å². The van der Waals surface area contributed by atoms with E-state index in [-0.39, 0.29) is 0 Å². The van der Waals surface area contributed by atoms with E-state index in [0.717, 1.165) is 31.1 Å². The SMILES string of the molecule is CCNc1nc2ccccc2n1CCN1CCCC1. The number of hydrogen-bond acceptors (Lipinski definition) is 3. The maximum absolute atomic E-state index is 4.68. The van der Waals surface area contributed by atoms with Crippen molar-refractivity contribution in [1.82, 2.24) is 14.5 Å². The third-order valence-corrected chi connectivity index (χ3v) is 3.83. The zero-order chi connectivity index (χ0) is 13.1. The first kappa shape index (κ1) is 12.5. The topological polar surface area (TPSA) is 33.1 Å². The Morgan fingerprint density at radius 1 is 1.16 bits per heavy atom. The molecule has 1 aromatic heterocycles. The van der Waals surface area contributed by atoms with Gasteiger partial charge in [-0.15, -0.1) is 0 Å². The predicted molar refractivity (Wildman–Crippen MR) is 79.6 cm³/mol. The van der Waals surface area contributed by atoms with Crippen LogP contribution in [-0.4, -0.2) is 40.6 Å². The van der Waals surface area contributed by atoms with E-state index in [1.54, 1.807) is 0 Å². The summed E-state index contributed by atoms with van der Waals surface area (Å²) >= 11 is 0. The molecule has 0 spiro atoms. The highest BCUT2D eigenvalue weighted by Gasteiger charge is 2.14. The molecular formula is C15H22N4. The summed E-state index contributed by atoms with van der Waals surface area (Å²) in [6.45, 7) is 7.67. The standard InChI is InChI=1S/C15H22N4/c1-2-16-15-17-13-7-3-4-8-14(13)19(15)12-11-18-9-5-6-10-18/h3-4,7-8H,2,5-6,9-12H2,1H3,(H,16,17). The highest BCUT2D eigenvalue weighted by atomic mass is 15.2. The zero-order valence-electron chi connectivity index (χ0n) is 11.6. The number of benzene rings is 1. The van der Waals surface area contributed by atoms with Crippen LogP contribution in [0.4, 0.5) is 5.95 Å². The van der Waals surface area contributed by atoms with E-state index in [2.05, 4.69) is 51.0 Å². The Morgan fingerprint density at radius 3 is 2.74 bits per heavy atom. The molecular weight excluding hydrogens is 236 g/mol. The fourth-order valence-electron chi connectivity index (χ4n) is 2.84. The summed E-state index contributed by atoms with van der Waals surface area (Å²) in [6.07, 6.45) is 2.70. The van der Waals surface area contributed by atoms with Crippen molar-refractivity contribution in [3.63, 3.8) is 0 Å². The second-order valence-corrected chi connectivity index (χ2v) is 5.15. The van der Waals surface area contributed by atoms with Gasteiger partial charge < -0.3 is 14.8 Å². The quantitative estimate of drug-likeness (QED) is 0.894. The molecule has 1 aromatic carbocycles. The lowest BCUT2D eigenvalue weighted by molar-refractivity contribution is 0.325. The van der Waals surface area contributed by atoms with E-state index < -0.39 is 0 Å². The van der Waals surface area contributed by atoms with Crippen LogP contribution in [-0.2, 0) is 6.54 Å². The van der Waals surface area contributed by atoms with Crippen LogP contribution >= 0.6 is 0 Å². The number of fused-ring (bicyclic) bond motifs is 1. The first-order valence-electron chi connectivity index (χ1n) is 7.30. The average molecular weight is 258 g/mol. The lowest BCUT2D eigenvalue weighted by Crippen LogP contribution is -2.24. The first-order valence-corrected chi connectivity index (χ1v) is 7.30. The molecule has 2 aromatic rings. The Labute approximate surface area is 114 Å². The Kier molecular flexibility index (Phi) is 3.69. The van der Waals surface area contributed by atoms with E-state index in [1.807, 2.05) is 0 Å². The smallest absolute Gasteiger partial charge is 0.203 e. The third kappa shape index (κ3) is 2.59. The summed E-state index contributed by atoms with van der Waals surface area (Å²) in [6, 6.07) is 8.39. The monoisotopic (exact) mass is 258 g/mol. The average Bonchev–Trinajstić information content (AvgIpc) is 3.04. The number of nitrogens with zero attached hydrogens (tertiary/aromatic N) is 3. The summed E-state index contributed by atoms with van der Waals surface area (Å²) in [5, 5.41) is 3.37. The van der Waals surface area contributed by atoms with E-state index in [0.29, 0.717) is 0 Å². The molecule has 4 nitrogen and oxygen atoms in total. The molecule has 1 aliphatic rings. The van der Waals surface area contributed by atoms with Gasteiger partial charge in [0.1, 0.15) is 0 Å². The largest absolute Gasteiger partial charge is 0.356 e. The highest BCUT2D eigenvalue weighted by molar-refractivity contribution is 5.78. The molecule has 3 rings (SSSR count). The van der Waals surface area contributed by atoms with Gasteiger partial charge in [0.25, 0.3) is 0 Å². The van der Waals surface area contributed by atoms with Crippen molar-refractivity contribution in [2.24, 2.45) is 0 Å². The molecule has 0 amide bonds. The summed E-state index contributed by atoms with van der Waals surface area (Å²) in [7, 11) is 0. The number of anilines is 1. The van der Waals surface area contributed by atoms with Crippen LogP contribution in [0.25, 0.3) is 11.0 Å².